The van der Waals surface area contributed by atoms with Crippen LogP contribution in [0.1, 0.15) is 38.8 Å². The van der Waals surface area contributed by atoms with E-state index in [0.717, 1.165) is 31.5 Å². The molecule has 0 radical (unpaired) electrons. The van der Waals surface area contributed by atoms with Crippen LogP contribution in [0.3, 0.4) is 0 Å². The molecule has 6 heteroatoms. The molecule has 0 atom stereocenters. The molecule has 0 saturated carbocycles. The zero-order valence-electron chi connectivity index (χ0n) is 11.1. The molecule has 1 heterocycles. The van der Waals surface area contributed by atoms with E-state index in [2.05, 4.69) is 21.9 Å². The minimum Gasteiger partial charge on any atom is -0.363 e. The Morgan fingerprint density at radius 1 is 1.22 bits per heavy atom. The normalized spacial score (nSPS) is 11.9. The minimum atomic E-state index is -3.35. The molecule has 0 saturated heterocycles. The number of hydrogen-bond acceptors (Lipinski definition) is 3. The summed E-state index contributed by atoms with van der Waals surface area (Å²) < 4.78 is 26.4. The number of hydrogen-bond donors (Lipinski definition) is 3. The maximum atomic E-state index is 11.9. The zero-order valence-corrected chi connectivity index (χ0v) is 11.9. The van der Waals surface area contributed by atoms with Crippen LogP contribution in [-0.4, -0.2) is 26.5 Å². The molecule has 104 valence electrons. The average molecular weight is 273 g/mol. The second-order valence-corrected chi connectivity index (χ2v) is 6.06. The molecule has 0 spiro atoms. The van der Waals surface area contributed by atoms with Gasteiger partial charge < -0.3 is 10.3 Å². The van der Waals surface area contributed by atoms with Gasteiger partial charge in [0, 0.05) is 25.0 Å². The van der Waals surface area contributed by atoms with E-state index in [1.54, 1.807) is 6.07 Å². The lowest BCUT2D eigenvalue weighted by molar-refractivity contribution is 0.578. The molecule has 0 aliphatic rings. The number of unbranched alkanes of at least 4 members (excludes halogenated alkanes) is 1. The molecule has 0 bridgehead atoms. The molecule has 0 amide bonds. The SMILES string of the molecule is CCCCNS(=O)(=O)c1c[nH]c(CNCCC)c1. The first-order chi connectivity index (χ1) is 8.60. The van der Waals surface area contributed by atoms with E-state index in [1.165, 1.54) is 6.20 Å². The van der Waals surface area contributed by atoms with Gasteiger partial charge in [-0.25, -0.2) is 13.1 Å². The van der Waals surface area contributed by atoms with Crippen molar-refractivity contribution < 1.29 is 8.42 Å². The van der Waals surface area contributed by atoms with Gasteiger partial charge in [0.15, 0.2) is 0 Å². The fourth-order valence-electron chi connectivity index (χ4n) is 1.54. The van der Waals surface area contributed by atoms with Crippen molar-refractivity contribution in [1.82, 2.24) is 15.0 Å². The van der Waals surface area contributed by atoms with Gasteiger partial charge >= 0.3 is 0 Å². The third-order valence-corrected chi connectivity index (χ3v) is 4.03. The highest BCUT2D eigenvalue weighted by Crippen LogP contribution is 2.10. The largest absolute Gasteiger partial charge is 0.363 e. The van der Waals surface area contributed by atoms with Crippen molar-refractivity contribution in [3.05, 3.63) is 18.0 Å². The minimum absolute atomic E-state index is 0.312. The van der Waals surface area contributed by atoms with Gasteiger partial charge in [0.25, 0.3) is 0 Å². The number of H-pyrrole nitrogens is 1. The molecule has 1 aromatic rings. The Labute approximate surface area is 109 Å². The lowest BCUT2D eigenvalue weighted by atomic mass is 10.3. The number of sulfonamides is 1. The molecule has 18 heavy (non-hydrogen) atoms. The Morgan fingerprint density at radius 3 is 2.67 bits per heavy atom. The summed E-state index contributed by atoms with van der Waals surface area (Å²) in [6.45, 7) is 6.21. The summed E-state index contributed by atoms with van der Waals surface area (Å²) in [6, 6.07) is 1.68. The lowest BCUT2D eigenvalue weighted by Crippen LogP contribution is -2.24. The van der Waals surface area contributed by atoms with Gasteiger partial charge in [-0.2, -0.15) is 0 Å². The van der Waals surface area contributed by atoms with E-state index >= 15 is 0 Å². The van der Waals surface area contributed by atoms with Crippen molar-refractivity contribution in [1.29, 1.82) is 0 Å². The van der Waals surface area contributed by atoms with Gasteiger partial charge in [-0.3, -0.25) is 0 Å². The zero-order chi connectivity index (χ0) is 13.4. The molecule has 1 aromatic heterocycles. The Hall–Kier alpha value is -0.850. The van der Waals surface area contributed by atoms with Crippen LogP contribution >= 0.6 is 0 Å². The fourth-order valence-corrected chi connectivity index (χ4v) is 2.63. The van der Waals surface area contributed by atoms with Gasteiger partial charge in [-0.1, -0.05) is 20.3 Å². The highest BCUT2D eigenvalue weighted by atomic mass is 32.2. The maximum Gasteiger partial charge on any atom is 0.242 e. The molecule has 0 aromatic carbocycles. The number of aromatic amines is 1. The maximum absolute atomic E-state index is 11.9. The standard InChI is InChI=1S/C12H23N3O2S/c1-3-5-7-15-18(16,17)12-8-11(14-10-12)9-13-6-4-2/h8,10,13-15H,3-7,9H2,1-2H3. The highest BCUT2D eigenvalue weighted by molar-refractivity contribution is 7.89. The second-order valence-electron chi connectivity index (χ2n) is 4.29. The summed E-state index contributed by atoms with van der Waals surface area (Å²) in [5.74, 6) is 0. The van der Waals surface area contributed by atoms with Gasteiger partial charge in [0.05, 0.1) is 4.90 Å². The van der Waals surface area contributed by atoms with Crippen LogP contribution < -0.4 is 10.0 Å². The van der Waals surface area contributed by atoms with E-state index in [-0.39, 0.29) is 0 Å². The molecule has 5 nitrogen and oxygen atoms in total. The van der Waals surface area contributed by atoms with E-state index in [0.29, 0.717) is 18.0 Å². The van der Waals surface area contributed by atoms with Crippen molar-refractivity contribution >= 4 is 10.0 Å². The summed E-state index contributed by atoms with van der Waals surface area (Å²) >= 11 is 0. The molecule has 3 N–H and O–H groups in total. The third-order valence-electron chi connectivity index (χ3n) is 2.59. The van der Waals surface area contributed by atoms with Crippen LogP contribution in [0.25, 0.3) is 0 Å². The lowest BCUT2D eigenvalue weighted by Gasteiger charge is -2.03. The predicted molar refractivity (Wildman–Crippen MR) is 72.9 cm³/mol. The second kappa shape index (κ2) is 7.56. The van der Waals surface area contributed by atoms with Gasteiger partial charge in [-0.05, 0) is 25.5 Å². The summed E-state index contributed by atoms with van der Waals surface area (Å²) in [5, 5.41) is 3.22. The van der Waals surface area contributed by atoms with E-state index in [1.807, 2.05) is 6.92 Å². The summed E-state index contributed by atoms with van der Waals surface area (Å²) in [7, 11) is -3.35. The molecule has 0 fully saturated rings. The van der Waals surface area contributed by atoms with Crippen molar-refractivity contribution in [2.75, 3.05) is 13.1 Å². The average Bonchev–Trinajstić information content (AvgIpc) is 2.79. The Morgan fingerprint density at radius 2 is 2.00 bits per heavy atom. The molecule has 0 aliphatic carbocycles. The van der Waals surface area contributed by atoms with E-state index in [9.17, 15) is 8.42 Å². The highest BCUT2D eigenvalue weighted by Gasteiger charge is 2.14. The smallest absolute Gasteiger partial charge is 0.242 e. The summed E-state index contributed by atoms with van der Waals surface area (Å²) in [4.78, 5) is 3.29. The van der Waals surface area contributed by atoms with Gasteiger partial charge in [-0.15, -0.1) is 0 Å². The molecule has 1 rings (SSSR count). The topological polar surface area (TPSA) is 74.0 Å². The van der Waals surface area contributed by atoms with Crippen molar-refractivity contribution in [3.63, 3.8) is 0 Å². The molecular weight excluding hydrogens is 250 g/mol. The van der Waals surface area contributed by atoms with Crippen LogP contribution in [0.15, 0.2) is 17.2 Å². The Balaban J connectivity index is 2.55. The van der Waals surface area contributed by atoms with E-state index in [4.69, 9.17) is 0 Å². The van der Waals surface area contributed by atoms with E-state index < -0.39 is 10.0 Å². The van der Waals surface area contributed by atoms with Crippen LogP contribution in [0.4, 0.5) is 0 Å². The van der Waals surface area contributed by atoms with Crippen LogP contribution in [0, 0.1) is 0 Å². The van der Waals surface area contributed by atoms with Crippen molar-refractivity contribution in [2.45, 2.75) is 44.6 Å². The first kappa shape index (κ1) is 15.2. The summed E-state index contributed by atoms with van der Waals surface area (Å²) in [6.07, 6.45) is 4.43. The van der Waals surface area contributed by atoms with Crippen molar-refractivity contribution in [3.8, 4) is 0 Å². The van der Waals surface area contributed by atoms with Crippen LogP contribution in [0.2, 0.25) is 0 Å². The number of rotatable bonds is 9. The van der Waals surface area contributed by atoms with Gasteiger partial charge in [0.1, 0.15) is 0 Å². The quantitative estimate of drug-likeness (QED) is 0.598. The van der Waals surface area contributed by atoms with Crippen molar-refractivity contribution in [2.24, 2.45) is 0 Å². The monoisotopic (exact) mass is 273 g/mol. The van der Waals surface area contributed by atoms with Crippen LogP contribution in [-0.2, 0) is 16.6 Å². The Bertz CT molecular complexity index is 440. The van der Waals surface area contributed by atoms with Gasteiger partial charge in [0.2, 0.25) is 10.0 Å². The molecular formula is C12H23N3O2S. The first-order valence-corrected chi connectivity index (χ1v) is 7.96. The number of aromatic nitrogens is 1. The Kier molecular flexibility index (Phi) is 6.38. The number of nitrogens with one attached hydrogen (secondary N) is 3. The molecule has 0 unspecified atom stereocenters. The predicted octanol–water partition coefficient (Wildman–Crippen LogP) is 1.59. The third kappa shape index (κ3) is 4.80. The van der Waals surface area contributed by atoms with Crippen LogP contribution in [0.5, 0.6) is 0 Å². The molecule has 0 aliphatic heterocycles. The first-order valence-electron chi connectivity index (χ1n) is 6.47. The summed E-state index contributed by atoms with van der Waals surface area (Å²) in [5.41, 5.74) is 0.888. The fraction of sp³-hybridized carbons (Fsp3) is 0.667.